The summed E-state index contributed by atoms with van der Waals surface area (Å²) in [6.07, 6.45) is 1.84. The van der Waals surface area contributed by atoms with Gasteiger partial charge in [-0.1, -0.05) is 0 Å². The Labute approximate surface area is 101 Å². The summed E-state index contributed by atoms with van der Waals surface area (Å²) in [6.45, 7) is 5.39. The van der Waals surface area contributed by atoms with Gasteiger partial charge in [0.25, 0.3) is 0 Å². The number of carbonyl (C=O) groups excluding carboxylic acids is 2. The van der Waals surface area contributed by atoms with Crippen LogP contribution in [0.15, 0.2) is 0 Å². The maximum atomic E-state index is 11.2. The Morgan fingerprint density at radius 1 is 1.29 bits per heavy atom. The highest BCUT2D eigenvalue weighted by atomic mass is 24.3. The van der Waals surface area contributed by atoms with Crippen molar-refractivity contribution in [1.29, 1.82) is 0 Å². The van der Waals surface area contributed by atoms with Crippen molar-refractivity contribution < 1.29 is 14.3 Å². The third-order valence-corrected chi connectivity index (χ3v) is 1.77. The van der Waals surface area contributed by atoms with Crippen molar-refractivity contribution in [1.82, 2.24) is 0 Å². The minimum atomic E-state index is -0.485. The van der Waals surface area contributed by atoms with Gasteiger partial charge in [-0.3, -0.25) is 9.59 Å². The largest absolute Gasteiger partial charge is 0.460 e. The van der Waals surface area contributed by atoms with Crippen LogP contribution in [0.3, 0.4) is 0 Å². The number of rotatable bonds is 3. The molecule has 0 atom stereocenters. The molecule has 0 aromatic rings. The van der Waals surface area contributed by atoms with E-state index in [2.05, 4.69) is 0 Å². The zero-order valence-electron chi connectivity index (χ0n) is 8.42. The number of ether oxygens (including phenoxy) is 1. The van der Waals surface area contributed by atoms with Gasteiger partial charge >= 0.3 is 29.0 Å². The number of hydrogen-bond acceptors (Lipinski definition) is 3. The Morgan fingerprint density at radius 2 is 1.79 bits per heavy atom. The van der Waals surface area contributed by atoms with Crippen LogP contribution in [0.5, 0.6) is 0 Å². The molecule has 1 fully saturated rings. The molecule has 1 rings (SSSR count). The summed E-state index contributed by atoms with van der Waals surface area (Å²) >= 11 is 0. The van der Waals surface area contributed by atoms with Crippen LogP contribution in [-0.2, 0) is 14.3 Å². The summed E-state index contributed by atoms with van der Waals surface area (Å²) < 4.78 is 5.03. The summed E-state index contributed by atoms with van der Waals surface area (Å²) in [5.74, 6) is -0.217. The van der Waals surface area contributed by atoms with Crippen molar-refractivity contribution in [2.75, 3.05) is 0 Å². The van der Waals surface area contributed by atoms with E-state index in [1.807, 2.05) is 0 Å². The van der Waals surface area contributed by atoms with Crippen molar-refractivity contribution in [3.63, 3.8) is 0 Å². The molecule has 0 heterocycles. The molecule has 78 valence electrons. The van der Waals surface area contributed by atoms with Crippen LogP contribution in [0, 0.1) is 5.92 Å². The SMILES string of the molecule is CC(C)(C)OC(=O)CC(=O)C1CC1.[MgH2]. The predicted octanol–water partition coefficient (Wildman–Crippen LogP) is 0.781. The smallest absolute Gasteiger partial charge is 0.316 e. The number of ketones is 1. The van der Waals surface area contributed by atoms with Crippen molar-refractivity contribution in [2.24, 2.45) is 5.92 Å². The monoisotopic (exact) mass is 210 g/mol. The first-order valence-corrected chi connectivity index (χ1v) is 4.63. The lowest BCUT2D eigenvalue weighted by molar-refractivity contribution is -0.156. The normalized spacial score (nSPS) is 15.6. The first-order chi connectivity index (χ1) is 5.88. The Hall–Kier alpha value is -0.0938. The molecule has 1 aliphatic rings. The van der Waals surface area contributed by atoms with Crippen molar-refractivity contribution in [3.8, 4) is 0 Å². The molecule has 1 aliphatic carbocycles. The summed E-state index contributed by atoms with van der Waals surface area (Å²) in [6, 6.07) is 0. The van der Waals surface area contributed by atoms with Crippen molar-refractivity contribution >= 4 is 34.8 Å². The van der Waals surface area contributed by atoms with Gasteiger partial charge in [0.05, 0.1) is 0 Å². The molecular weight excluding hydrogens is 192 g/mol. The third-order valence-electron chi connectivity index (χ3n) is 1.77. The van der Waals surface area contributed by atoms with Gasteiger partial charge in [-0.05, 0) is 33.6 Å². The Bertz CT molecular complexity index is 226. The van der Waals surface area contributed by atoms with E-state index in [0.717, 1.165) is 12.8 Å². The molecule has 0 bridgehead atoms. The fourth-order valence-corrected chi connectivity index (χ4v) is 1.07. The third kappa shape index (κ3) is 5.60. The lowest BCUT2D eigenvalue weighted by atomic mass is 10.1. The highest BCUT2D eigenvalue weighted by molar-refractivity contribution is 5.97. The molecule has 0 radical (unpaired) electrons. The summed E-state index contributed by atoms with van der Waals surface area (Å²) in [7, 11) is 0. The quantitative estimate of drug-likeness (QED) is 0.393. The fourth-order valence-electron chi connectivity index (χ4n) is 1.07. The maximum absolute atomic E-state index is 11.2. The van der Waals surface area contributed by atoms with Crippen LogP contribution < -0.4 is 0 Å². The van der Waals surface area contributed by atoms with Crippen LogP contribution in [0.2, 0.25) is 0 Å². The second-order valence-electron chi connectivity index (χ2n) is 4.50. The zero-order valence-corrected chi connectivity index (χ0v) is 8.42. The van der Waals surface area contributed by atoms with Crippen LogP contribution in [0.1, 0.15) is 40.0 Å². The van der Waals surface area contributed by atoms with Crippen LogP contribution in [0.25, 0.3) is 0 Å². The van der Waals surface area contributed by atoms with E-state index in [1.54, 1.807) is 20.8 Å². The minimum absolute atomic E-state index is 0. The van der Waals surface area contributed by atoms with E-state index < -0.39 is 11.6 Å². The molecule has 0 amide bonds. The Balaban J connectivity index is 0.00000169. The van der Waals surface area contributed by atoms with Gasteiger partial charge in [0, 0.05) is 5.92 Å². The minimum Gasteiger partial charge on any atom is -0.460 e. The second-order valence-corrected chi connectivity index (χ2v) is 4.50. The molecule has 3 nitrogen and oxygen atoms in total. The van der Waals surface area contributed by atoms with E-state index in [0.29, 0.717) is 0 Å². The summed E-state index contributed by atoms with van der Waals surface area (Å²) in [5, 5.41) is 0. The predicted molar refractivity (Wildman–Crippen MR) is 56.7 cm³/mol. The maximum Gasteiger partial charge on any atom is 0.316 e. The number of Topliss-reactive ketones (excluding diaryl/α,β-unsaturated/α-hetero) is 1. The van der Waals surface area contributed by atoms with Gasteiger partial charge in [0.2, 0.25) is 0 Å². The first kappa shape index (κ1) is 13.9. The second kappa shape index (κ2) is 5.12. The summed E-state index contributed by atoms with van der Waals surface area (Å²) in [5.41, 5.74) is -0.485. The number of esters is 1. The Morgan fingerprint density at radius 3 is 2.14 bits per heavy atom. The lowest BCUT2D eigenvalue weighted by Gasteiger charge is -2.19. The van der Waals surface area contributed by atoms with Gasteiger partial charge in [0.1, 0.15) is 17.8 Å². The Kier molecular flexibility index (Phi) is 5.08. The average molecular weight is 211 g/mol. The van der Waals surface area contributed by atoms with E-state index >= 15 is 0 Å². The fraction of sp³-hybridized carbons (Fsp3) is 0.800. The molecule has 0 aliphatic heterocycles. The lowest BCUT2D eigenvalue weighted by Crippen LogP contribution is -2.25. The van der Waals surface area contributed by atoms with Gasteiger partial charge in [-0.2, -0.15) is 0 Å². The van der Waals surface area contributed by atoms with E-state index in [-0.39, 0.29) is 41.2 Å². The van der Waals surface area contributed by atoms with E-state index in [9.17, 15) is 9.59 Å². The number of carbonyl (C=O) groups is 2. The molecule has 1 saturated carbocycles. The van der Waals surface area contributed by atoms with Crippen molar-refractivity contribution in [3.05, 3.63) is 0 Å². The van der Waals surface area contributed by atoms with Crippen LogP contribution in [-0.4, -0.2) is 40.4 Å². The van der Waals surface area contributed by atoms with Crippen LogP contribution in [0.4, 0.5) is 0 Å². The molecule has 0 saturated heterocycles. The van der Waals surface area contributed by atoms with Gasteiger partial charge in [-0.15, -0.1) is 0 Å². The molecule has 0 aromatic carbocycles. The zero-order chi connectivity index (χ0) is 10.1. The van der Waals surface area contributed by atoms with E-state index in [4.69, 9.17) is 4.74 Å². The standard InChI is InChI=1S/C10H16O3.Mg.2H/c1-10(2,3)13-9(12)6-8(11)7-4-5-7;;;/h7H,4-6H2,1-3H3;;;. The molecular formula is C10H18MgO3. The van der Waals surface area contributed by atoms with Gasteiger partial charge in [0.15, 0.2) is 0 Å². The highest BCUT2D eigenvalue weighted by Crippen LogP contribution is 2.31. The van der Waals surface area contributed by atoms with Gasteiger partial charge in [-0.25, -0.2) is 0 Å². The van der Waals surface area contributed by atoms with Crippen molar-refractivity contribution in [2.45, 2.75) is 45.6 Å². The summed E-state index contributed by atoms with van der Waals surface area (Å²) in [4.78, 5) is 22.4. The van der Waals surface area contributed by atoms with E-state index in [1.165, 1.54) is 0 Å². The molecule has 0 unspecified atom stereocenters. The molecule has 4 heteroatoms. The van der Waals surface area contributed by atoms with Crippen LogP contribution >= 0.6 is 0 Å². The molecule has 14 heavy (non-hydrogen) atoms. The van der Waals surface area contributed by atoms with Gasteiger partial charge < -0.3 is 4.74 Å². The molecule has 0 spiro atoms. The molecule has 0 N–H and O–H groups in total. The number of hydrogen-bond donors (Lipinski definition) is 0. The average Bonchev–Trinajstić information content (AvgIpc) is 2.60. The topological polar surface area (TPSA) is 43.4 Å². The first-order valence-electron chi connectivity index (χ1n) is 4.63. The molecule has 0 aromatic heterocycles. The highest BCUT2D eigenvalue weighted by Gasteiger charge is 2.31.